The Bertz CT molecular complexity index is 1010. The van der Waals surface area contributed by atoms with Gasteiger partial charge in [-0.25, -0.2) is 0 Å². The Hall–Kier alpha value is -2.22. The molecule has 7 nitrogen and oxygen atoms in total. The SMILES string of the molecule is CCc1nn(S(=O)(=O)c2ccc(C)cc2)c(=O)c(=O)n1C1CCCCC1. The van der Waals surface area contributed by atoms with E-state index in [9.17, 15) is 18.0 Å². The van der Waals surface area contributed by atoms with E-state index in [4.69, 9.17) is 0 Å². The first-order chi connectivity index (χ1) is 12.4. The van der Waals surface area contributed by atoms with Crippen LogP contribution >= 0.6 is 0 Å². The summed E-state index contributed by atoms with van der Waals surface area (Å²) in [5.74, 6) is 0.331. The van der Waals surface area contributed by atoms with Crippen LogP contribution in [0.15, 0.2) is 38.8 Å². The molecule has 1 saturated carbocycles. The van der Waals surface area contributed by atoms with Gasteiger partial charge in [-0.2, -0.15) is 8.42 Å². The van der Waals surface area contributed by atoms with Crippen molar-refractivity contribution in [1.82, 2.24) is 13.8 Å². The molecule has 1 aliphatic rings. The van der Waals surface area contributed by atoms with Crippen molar-refractivity contribution in [3.8, 4) is 0 Å². The topological polar surface area (TPSA) is 91.0 Å². The van der Waals surface area contributed by atoms with E-state index in [0.717, 1.165) is 37.7 Å². The van der Waals surface area contributed by atoms with Crippen LogP contribution in [0.25, 0.3) is 0 Å². The van der Waals surface area contributed by atoms with E-state index in [1.54, 1.807) is 19.1 Å². The van der Waals surface area contributed by atoms with Crippen LogP contribution in [0.5, 0.6) is 0 Å². The molecule has 1 fully saturated rings. The molecule has 0 unspecified atom stereocenters. The highest BCUT2D eigenvalue weighted by Crippen LogP contribution is 2.27. The van der Waals surface area contributed by atoms with Crippen LogP contribution in [0, 0.1) is 6.92 Å². The number of rotatable bonds is 4. The van der Waals surface area contributed by atoms with Gasteiger partial charge in [0.25, 0.3) is 10.0 Å². The minimum absolute atomic E-state index is 0.0606. The van der Waals surface area contributed by atoms with Gasteiger partial charge in [0.05, 0.1) is 4.90 Å². The molecule has 1 heterocycles. The van der Waals surface area contributed by atoms with Crippen molar-refractivity contribution >= 4 is 10.0 Å². The van der Waals surface area contributed by atoms with Gasteiger partial charge >= 0.3 is 11.1 Å². The number of nitrogens with zero attached hydrogens (tertiary/aromatic N) is 3. The van der Waals surface area contributed by atoms with Crippen molar-refractivity contribution in [2.45, 2.75) is 63.3 Å². The number of aromatic nitrogens is 3. The van der Waals surface area contributed by atoms with Crippen molar-refractivity contribution in [3.05, 3.63) is 56.4 Å². The number of aryl methyl sites for hydroxylation is 2. The summed E-state index contributed by atoms with van der Waals surface area (Å²) in [6.07, 6.45) is 5.08. The highest BCUT2D eigenvalue weighted by Gasteiger charge is 2.27. The summed E-state index contributed by atoms with van der Waals surface area (Å²) < 4.78 is 27.4. The predicted molar refractivity (Wildman–Crippen MR) is 98.0 cm³/mol. The Kier molecular flexibility index (Phi) is 5.13. The Morgan fingerprint density at radius 2 is 1.65 bits per heavy atom. The first kappa shape index (κ1) is 18.6. The van der Waals surface area contributed by atoms with Gasteiger partial charge in [0.1, 0.15) is 5.82 Å². The average Bonchev–Trinajstić information content (AvgIpc) is 2.64. The molecule has 0 saturated heterocycles. The molecular formula is C18H23N3O4S. The Morgan fingerprint density at radius 1 is 1.04 bits per heavy atom. The summed E-state index contributed by atoms with van der Waals surface area (Å²) in [6.45, 7) is 3.63. The summed E-state index contributed by atoms with van der Waals surface area (Å²) in [5.41, 5.74) is -1.03. The summed E-state index contributed by atoms with van der Waals surface area (Å²) in [5, 5.41) is 4.08. The normalized spacial score (nSPS) is 15.9. The molecule has 0 atom stereocenters. The molecule has 3 rings (SSSR count). The van der Waals surface area contributed by atoms with Gasteiger partial charge in [-0.1, -0.05) is 43.9 Å². The third-order valence-corrected chi connectivity index (χ3v) is 6.43. The molecule has 0 N–H and O–H groups in total. The summed E-state index contributed by atoms with van der Waals surface area (Å²) in [7, 11) is -4.21. The molecular weight excluding hydrogens is 354 g/mol. The van der Waals surface area contributed by atoms with Crippen LogP contribution < -0.4 is 11.1 Å². The fourth-order valence-corrected chi connectivity index (χ4v) is 4.61. The molecule has 0 aliphatic heterocycles. The van der Waals surface area contributed by atoms with Gasteiger partial charge in [-0.15, -0.1) is 9.19 Å². The highest BCUT2D eigenvalue weighted by atomic mass is 32.2. The molecule has 0 bridgehead atoms. The quantitative estimate of drug-likeness (QED) is 0.760. The number of benzene rings is 1. The van der Waals surface area contributed by atoms with Gasteiger partial charge in [-0.05, 0) is 31.9 Å². The van der Waals surface area contributed by atoms with E-state index in [2.05, 4.69) is 5.10 Å². The van der Waals surface area contributed by atoms with Crippen LogP contribution in [0.4, 0.5) is 0 Å². The first-order valence-corrected chi connectivity index (χ1v) is 10.4. The van der Waals surface area contributed by atoms with Crippen molar-refractivity contribution in [2.24, 2.45) is 0 Å². The molecule has 1 aromatic heterocycles. The summed E-state index contributed by atoms with van der Waals surface area (Å²) >= 11 is 0. The molecule has 0 radical (unpaired) electrons. The lowest BCUT2D eigenvalue weighted by molar-refractivity contribution is 0.329. The van der Waals surface area contributed by atoms with Crippen molar-refractivity contribution in [1.29, 1.82) is 0 Å². The van der Waals surface area contributed by atoms with Crippen LogP contribution in [-0.4, -0.2) is 22.2 Å². The van der Waals surface area contributed by atoms with Crippen LogP contribution in [0.2, 0.25) is 0 Å². The summed E-state index contributed by atoms with van der Waals surface area (Å²) in [6, 6.07) is 6.03. The molecule has 0 amide bonds. The van der Waals surface area contributed by atoms with E-state index >= 15 is 0 Å². The fourth-order valence-electron chi connectivity index (χ4n) is 3.43. The van der Waals surface area contributed by atoms with Gasteiger partial charge in [0.15, 0.2) is 0 Å². The minimum atomic E-state index is -4.21. The largest absolute Gasteiger partial charge is 0.347 e. The predicted octanol–water partition coefficient (Wildman–Crippen LogP) is 2.02. The number of hydrogen-bond donors (Lipinski definition) is 0. The standard InChI is InChI=1S/C18H23N3O4S/c1-3-16-19-21(26(24,25)15-11-9-13(2)10-12-15)18(23)17(22)20(16)14-7-5-4-6-8-14/h9-12,14H,3-8H2,1-2H3. The second-order valence-corrected chi connectivity index (χ2v) is 8.47. The maximum Gasteiger partial charge on any atom is 0.347 e. The smallest absolute Gasteiger partial charge is 0.287 e. The second kappa shape index (κ2) is 7.19. The van der Waals surface area contributed by atoms with Gasteiger partial charge < -0.3 is 0 Å². The zero-order chi connectivity index (χ0) is 18.9. The van der Waals surface area contributed by atoms with Crippen molar-refractivity contribution in [2.75, 3.05) is 0 Å². The van der Waals surface area contributed by atoms with Crippen LogP contribution in [0.1, 0.15) is 56.5 Å². The van der Waals surface area contributed by atoms with E-state index in [1.807, 2.05) is 6.92 Å². The Balaban J connectivity index is 2.18. The number of hydrogen-bond acceptors (Lipinski definition) is 5. The molecule has 1 aromatic carbocycles. The van der Waals surface area contributed by atoms with Crippen LogP contribution in [0.3, 0.4) is 0 Å². The second-order valence-electron chi connectivity index (χ2n) is 6.70. The zero-order valence-corrected chi connectivity index (χ0v) is 15.8. The monoisotopic (exact) mass is 377 g/mol. The Morgan fingerprint density at radius 3 is 2.23 bits per heavy atom. The Labute approximate surface area is 152 Å². The third-order valence-electron chi connectivity index (χ3n) is 4.86. The molecule has 8 heteroatoms. The fraction of sp³-hybridized carbons (Fsp3) is 0.500. The maximum absolute atomic E-state index is 12.8. The van der Waals surface area contributed by atoms with Crippen molar-refractivity contribution in [3.63, 3.8) is 0 Å². The van der Waals surface area contributed by atoms with E-state index in [-0.39, 0.29) is 10.9 Å². The molecule has 1 aliphatic carbocycles. The van der Waals surface area contributed by atoms with E-state index in [0.29, 0.717) is 16.3 Å². The molecule has 0 spiro atoms. The first-order valence-electron chi connectivity index (χ1n) is 8.93. The lowest BCUT2D eigenvalue weighted by atomic mass is 9.95. The van der Waals surface area contributed by atoms with E-state index < -0.39 is 21.1 Å². The lowest BCUT2D eigenvalue weighted by Gasteiger charge is -2.25. The summed E-state index contributed by atoms with van der Waals surface area (Å²) in [4.78, 5) is 25.2. The van der Waals surface area contributed by atoms with Gasteiger partial charge in [0, 0.05) is 12.5 Å². The molecule has 2 aromatic rings. The van der Waals surface area contributed by atoms with Crippen LogP contribution in [-0.2, 0) is 16.4 Å². The maximum atomic E-state index is 12.8. The highest BCUT2D eigenvalue weighted by molar-refractivity contribution is 7.89. The zero-order valence-electron chi connectivity index (χ0n) is 15.0. The minimum Gasteiger partial charge on any atom is -0.287 e. The van der Waals surface area contributed by atoms with Gasteiger partial charge in [0.2, 0.25) is 0 Å². The molecule has 140 valence electrons. The third kappa shape index (κ3) is 3.25. The van der Waals surface area contributed by atoms with E-state index in [1.165, 1.54) is 16.7 Å². The van der Waals surface area contributed by atoms with Gasteiger partial charge in [-0.3, -0.25) is 14.2 Å². The average molecular weight is 377 g/mol. The van der Waals surface area contributed by atoms with Crippen molar-refractivity contribution < 1.29 is 8.42 Å². The molecule has 26 heavy (non-hydrogen) atoms. The lowest BCUT2D eigenvalue weighted by Crippen LogP contribution is -2.48.